The van der Waals surface area contributed by atoms with Crippen molar-refractivity contribution in [1.29, 1.82) is 0 Å². The van der Waals surface area contributed by atoms with Crippen LogP contribution in [0, 0.1) is 17.6 Å². The Morgan fingerprint density at radius 3 is 1.05 bits per heavy atom. The van der Waals surface area contributed by atoms with Crippen LogP contribution in [0.5, 0.6) is 0 Å². The van der Waals surface area contributed by atoms with Crippen LogP contribution < -0.4 is 0 Å². The summed E-state index contributed by atoms with van der Waals surface area (Å²) in [6.45, 7) is 9.38. The van der Waals surface area contributed by atoms with Crippen LogP contribution in [0.3, 0.4) is 0 Å². The Labute approximate surface area is 384 Å². The number of hydrogen-bond acceptors (Lipinski definition) is 4. The van der Waals surface area contributed by atoms with Crippen LogP contribution in [-0.2, 0) is 12.8 Å². The highest BCUT2D eigenvalue weighted by atomic mass is 127. The Morgan fingerprint density at radius 2 is 0.696 bits per heavy atom. The van der Waals surface area contributed by atoms with Gasteiger partial charge in [0.1, 0.15) is 0 Å². The lowest BCUT2D eigenvalue weighted by Crippen LogP contribution is -2.04. The molecule has 2 unspecified atom stereocenters. The zero-order chi connectivity index (χ0) is 39.3. The number of unbranched alkanes of at least 4 members (excludes halogenated alkanes) is 16. The van der Waals surface area contributed by atoms with Crippen molar-refractivity contribution in [2.24, 2.45) is 11.8 Å². The summed E-state index contributed by atoms with van der Waals surface area (Å²) in [6.07, 6.45) is 36.0. The second kappa shape index (κ2) is 23.9. The Morgan fingerprint density at radius 1 is 0.375 bits per heavy atom. The van der Waals surface area contributed by atoms with E-state index in [9.17, 15) is 0 Å². The first kappa shape index (κ1) is 45.5. The smallest absolute Gasteiger partial charge is 0.0666 e. The van der Waals surface area contributed by atoms with E-state index in [1.807, 2.05) is 22.7 Å². The molecule has 308 valence electrons. The lowest BCUT2D eigenvalue weighted by molar-refractivity contribution is 0.404. The van der Waals surface area contributed by atoms with Crippen molar-refractivity contribution in [3.8, 4) is 0 Å². The summed E-state index contributed by atoms with van der Waals surface area (Å²) in [7, 11) is 0. The van der Waals surface area contributed by atoms with Crippen molar-refractivity contribution in [1.82, 2.24) is 0 Å². The Hall–Kier alpha value is -0.0000000000000000833. The zero-order valence-electron chi connectivity index (χ0n) is 35.2. The van der Waals surface area contributed by atoms with Gasteiger partial charge in [-0.1, -0.05) is 182 Å². The summed E-state index contributed by atoms with van der Waals surface area (Å²) in [4.78, 5) is 3.28. The Balaban J connectivity index is 1.39. The monoisotopic (exact) mass is 1050 g/mol. The molecule has 0 spiro atoms. The van der Waals surface area contributed by atoms with Gasteiger partial charge in [0.15, 0.2) is 0 Å². The largest absolute Gasteiger partial charge is 0.140 e. The fourth-order valence-corrected chi connectivity index (χ4v) is 16.0. The zero-order valence-corrected chi connectivity index (χ0v) is 42.8. The highest BCUT2D eigenvalue weighted by Gasteiger charge is 2.24. The van der Waals surface area contributed by atoms with E-state index in [2.05, 4.69) is 120 Å². The Kier molecular flexibility index (Phi) is 19.4. The molecular formula is C50H70I2S4. The first-order valence-electron chi connectivity index (χ1n) is 23.1. The number of rotatable bonds is 28. The molecule has 0 radical (unpaired) electrons. The number of halogens is 2. The van der Waals surface area contributed by atoms with Crippen molar-refractivity contribution in [2.45, 2.75) is 195 Å². The van der Waals surface area contributed by atoms with Crippen molar-refractivity contribution in [2.75, 3.05) is 0 Å². The minimum atomic E-state index is 0.814. The number of thiophene rings is 4. The summed E-state index contributed by atoms with van der Waals surface area (Å²) in [5, 5.41) is 9.26. The molecule has 0 aliphatic heterocycles. The minimum absolute atomic E-state index is 0.814. The van der Waals surface area contributed by atoms with E-state index in [0.717, 1.165) is 11.8 Å². The van der Waals surface area contributed by atoms with Gasteiger partial charge in [-0.2, -0.15) is 0 Å². The van der Waals surface area contributed by atoms with Crippen molar-refractivity contribution in [3.05, 3.63) is 39.8 Å². The molecule has 0 aliphatic rings. The van der Waals surface area contributed by atoms with Gasteiger partial charge in [0.2, 0.25) is 0 Å². The second-order valence-electron chi connectivity index (χ2n) is 17.2. The van der Waals surface area contributed by atoms with Gasteiger partial charge >= 0.3 is 0 Å². The van der Waals surface area contributed by atoms with Crippen molar-refractivity contribution >= 4 is 142 Å². The van der Waals surface area contributed by atoms with E-state index in [4.69, 9.17) is 0 Å². The van der Waals surface area contributed by atoms with E-state index < -0.39 is 0 Å². The summed E-state index contributed by atoms with van der Waals surface area (Å²) in [5.41, 5.74) is 0. The third-order valence-corrected chi connectivity index (χ3v) is 18.9. The van der Waals surface area contributed by atoms with Gasteiger partial charge in [-0.15, -0.1) is 45.3 Å². The average Bonchev–Trinajstić information content (AvgIpc) is 3.98. The second-order valence-corrected chi connectivity index (χ2v) is 25.4. The van der Waals surface area contributed by atoms with E-state index in [1.54, 1.807) is 40.7 Å². The molecule has 2 aromatic carbocycles. The average molecular weight is 1050 g/mol. The number of fused-ring (bicyclic) bond motifs is 11. The summed E-state index contributed by atoms with van der Waals surface area (Å²) in [5.74, 6) is 1.63. The van der Waals surface area contributed by atoms with Gasteiger partial charge in [0, 0.05) is 51.5 Å². The fourth-order valence-electron chi connectivity index (χ4n) is 9.44. The van der Waals surface area contributed by atoms with Crippen LogP contribution in [-0.4, -0.2) is 0 Å². The van der Waals surface area contributed by atoms with Gasteiger partial charge < -0.3 is 0 Å². The van der Waals surface area contributed by atoms with Crippen LogP contribution in [0.25, 0.3) is 51.1 Å². The molecule has 6 rings (SSSR count). The highest BCUT2D eigenvalue weighted by Crippen LogP contribution is 2.52. The van der Waals surface area contributed by atoms with Gasteiger partial charge in [0.05, 0.1) is 15.2 Å². The molecule has 0 fully saturated rings. The van der Waals surface area contributed by atoms with Gasteiger partial charge in [0.25, 0.3) is 0 Å². The quantitative estimate of drug-likeness (QED) is 0.0339. The normalized spacial score (nSPS) is 13.5. The fraction of sp³-hybridized carbons (Fsp3) is 0.640. The molecule has 0 aliphatic carbocycles. The predicted molar refractivity (Wildman–Crippen MR) is 279 cm³/mol. The lowest BCUT2D eigenvalue weighted by atomic mass is 9.90. The van der Waals surface area contributed by atoms with E-state index in [1.165, 1.54) is 193 Å². The van der Waals surface area contributed by atoms with Crippen LogP contribution >= 0.6 is 90.5 Å². The molecule has 0 amide bonds. The molecule has 0 N–H and O–H groups in total. The molecule has 0 saturated heterocycles. The molecule has 4 aromatic heterocycles. The van der Waals surface area contributed by atoms with Crippen molar-refractivity contribution in [3.63, 3.8) is 0 Å². The summed E-state index contributed by atoms with van der Waals surface area (Å²) >= 11 is 13.5. The van der Waals surface area contributed by atoms with E-state index in [0.29, 0.717) is 0 Å². The van der Waals surface area contributed by atoms with Crippen LogP contribution in [0.4, 0.5) is 0 Å². The first-order valence-corrected chi connectivity index (χ1v) is 28.5. The molecule has 6 aromatic rings. The molecule has 0 nitrogen and oxygen atoms in total. The highest BCUT2D eigenvalue weighted by molar-refractivity contribution is 14.1. The van der Waals surface area contributed by atoms with Crippen LogP contribution in [0.15, 0.2) is 24.3 Å². The van der Waals surface area contributed by atoms with Crippen LogP contribution in [0.2, 0.25) is 0 Å². The molecular weight excluding hydrogens is 983 g/mol. The number of hydrogen-bond donors (Lipinski definition) is 0. The molecule has 4 heterocycles. The summed E-state index contributed by atoms with van der Waals surface area (Å²) in [6, 6.07) is 10.4. The summed E-state index contributed by atoms with van der Waals surface area (Å²) < 4.78 is 9.00. The molecule has 56 heavy (non-hydrogen) atoms. The van der Waals surface area contributed by atoms with Crippen molar-refractivity contribution < 1.29 is 0 Å². The topological polar surface area (TPSA) is 0 Å². The van der Waals surface area contributed by atoms with Gasteiger partial charge in [-0.3, -0.25) is 0 Å². The maximum Gasteiger partial charge on any atom is 0.0666 e. The maximum atomic E-state index is 2.70. The maximum absolute atomic E-state index is 2.70. The molecule has 6 heteroatoms. The SMILES string of the molecule is CCCCCCCCC(CCCCCC)Cc1cc2c3cc(CC(CCCCCC)CCCCCCCC)sc3c3c4cc(I)sc4c4sc(I)cc4c3c2s1. The lowest BCUT2D eigenvalue weighted by Gasteiger charge is -2.16. The standard InChI is InChI=1S/C50H70I2S4/c1-5-9-13-17-19-23-27-35(25-21-15-11-7-3)29-37-31-39-40-32-38(30-36(26-22-16-12-8-4)28-24-20-18-14-10-6-2)54-48(40)46-42-34-44(52)56-50(42)49-41(33-43(51)55-49)45(46)47(39)53-37/h31-36H,5-30H2,1-4H3. The number of benzene rings is 2. The molecule has 2 atom stereocenters. The molecule has 0 bridgehead atoms. The van der Waals surface area contributed by atoms with Gasteiger partial charge in [-0.05, 0) is 94.1 Å². The minimum Gasteiger partial charge on any atom is -0.140 e. The van der Waals surface area contributed by atoms with E-state index in [-0.39, 0.29) is 0 Å². The predicted octanol–water partition coefficient (Wildman–Crippen LogP) is 20.7. The first-order chi connectivity index (χ1) is 27.4. The third kappa shape index (κ3) is 12.1. The third-order valence-electron chi connectivity index (χ3n) is 12.6. The molecule has 0 saturated carbocycles. The van der Waals surface area contributed by atoms with Crippen LogP contribution in [0.1, 0.15) is 192 Å². The Bertz CT molecular complexity index is 1930. The van der Waals surface area contributed by atoms with Gasteiger partial charge in [-0.25, -0.2) is 0 Å². The van der Waals surface area contributed by atoms with E-state index >= 15 is 0 Å².